The van der Waals surface area contributed by atoms with Gasteiger partial charge in [-0.15, -0.1) is 0 Å². The van der Waals surface area contributed by atoms with Crippen LogP contribution in [0.2, 0.25) is 0 Å². The van der Waals surface area contributed by atoms with Gasteiger partial charge in [-0.3, -0.25) is 0 Å². The van der Waals surface area contributed by atoms with E-state index in [-0.39, 0.29) is 17.6 Å². The van der Waals surface area contributed by atoms with Crippen LogP contribution in [-0.2, 0) is 0 Å². The number of nitrogens with zero attached hydrogens (tertiary/aromatic N) is 6. The predicted molar refractivity (Wildman–Crippen MR) is 109 cm³/mol. The van der Waals surface area contributed by atoms with Crippen LogP contribution in [-0.4, -0.2) is 39.3 Å². The standard InChI is InChI=1S/C20H19N7O2/c1-12-5-4-6-14(11-12)27(2)20-24-16(23-19(21)25-20)17-22-18(29-26-17)13-7-9-15(28-3)10-8-13/h4-11H,1-3H3,(H2,21,23,24,25). The van der Waals surface area contributed by atoms with Gasteiger partial charge in [-0.2, -0.15) is 19.9 Å². The minimum Gasteiger partial charge on any atom is -0.497 e. The number of nitrogen functional groups attached to an aromatic ring is 1. The van der Waals surface area contributed by atoms with E-state index in [0.29, 0.717) is 11.8 Å². The van der Waals surface area contributed by atoms with Gasteiger partial charge in [0, 0.05) is 18.3 Å². The van der Waals surface area contributed by atoms with Crippen LogP contribution in [0.5, 0.6) is 5.75 Å². The first-order valence-electron chi connectivity index (χ1n) is 8.84. The summed E-state index contributed by atoms with van der Waals surface area (Å²) in [5, 5.41) is 3.99. The lowest BCUT2D eigenvalue weighted by Gasteiger charge is -2.17. The number of methoxy groups -OCH3 is 1. The zero-order valence-electron chi connectivity index (χ0n) is 16.2. The van der Waals surface area contributed by atoms with Gasteiger partial charge in [-0.05, 0) is 48.9 Å². The van der Waals surface area contributed by atoms with Crippen LogP contribution in [0, 0.1) is 6.92 Å². The number of rotatable bonds is 5. The molecule has 4 rings (SSSR count). The fraction of sp³-hybridized carbons (Fsp3) is 0.150. The van der Waals surface area contributed by atoms with Crippen molar-refractivity contribution in [2.24, 2.45) is 0 Å². The number of ether oxygens (including phenoxy) is 1. The first-order valence-corrected chi connectivity index (χ1v) is 8.84. The molecule has 0 aliphatic rings. The second-order valence-electron chi connectivity index (χ2n) is 6.37. The van der Waals surface area contributed by atoms with E-state index in [1.54, 1.807) is 7.11 Å². The summed E-state index contributed by atoms with van der Waals surface area (Å²) in [6.45, 7) is 2.02. The summed E-state index contributed by atoms with van der Waals surface area (Å²) in [6.07, 6.45) is 0. The predicted octanol–water partition coefficient (Wildman–Crippen LogP) is 3.26. The average Bonchev–Trinajstić information content (AvgIpc) is 3.23. The number of hydrogen-bond acceptors (Lipinski definition) is 9. The molecule has 0 fully saturated rings. The second kappa shape index (κ2) is 7.55. The van der Waals surface area contributed by atoms with Crippen molar-refractivity contribution in [1.29, 1.82) is 0 Å². The molecule has 0 spiro atoms. The van der Waals surface area contributed by atoms with E-state index in [0.717, 1.165) is 22.6 Å². The van der Waals surface area contributed by atoms with Crippen molar-refractivity contribution in [1.82, 2.24) is 25.1 Å². The highest BCUT2D eigenvalue weighted by atomic mass is 16.5. The largest absolute Gasteiger partial charge is 0.497 e. The second-order valence-corrected chi connectivity index (χ2v) is 6.37. The third-order valence-electron chi connectivity index (χ3n) is 4.29. The van der Waals surface area contributed by atoms with Gasteiger partial charge in [0.15, 0.2) is 0 Å². The Morgan fingerprint density at radius 2 is 1.76 bits per heavy atom. The zero-order valence-corrected chi connectivity index (χ0v) is 16.2. The van der Waals surface area contributed by atoms with Crippen LogP contribution in [0.15, 0.2) is 53.1 Å². The highest BCUT2D eigenvalue weighted by Gasteiger charge is 2.17. The van der Waals surface area contributed by atoms with Gasteiger partial charge in [-0.1, -0.05) is 17.3 Å². The topological polar surface area (TPSA) is 116 Å². The molecule has 2 heterocycles. The summed E-state index contributed by atoms with van der Waals surface area (Å²) in [7, 11) is 3.46. The minimum atomic E-state index is 0.0697. The Kier molecular flexibility index (Phi) is 4.78. The molecule has 29 heavy (non-hydrogen) atoms. The highest BCUT2D eigenvalue weighted by Crippen LogP contribution is 2.25. The smallest absolute Gasteiger partial charge is 0.258 e. The molecule has 146 valence electrons. The maximum absolute atomic E-state index is 5.90. The number of anilines is 3. The molecule has 0 saturated heterocycles. The summed E-state index contributed by atoms with van der Waals surface area (Å²) in [5.41, 5.74) is 8.71. The summed E-state index contributed by atoms with van der Waals surface area (Å²) in [6, 6.07) is 15.3. The Morgan fingerprint density at radius 3 is 2.48 bits per heavy atom. The van der Waals surface area contributed by atoms with Crippen molar-refractivity contribution in [3.63, 3.8) is 0 Å². The molecule has 2 N–H and O–H groups in total. The van der Waals surface area contributed by atoms with Gasteiger partial charge < -0.3 is 19.9 Å². The van der Waals surface area contributed by atoms with E-state index in [9.17, 15) is 0 Å². The van der Waals surface area contributed by atoms with E-state index in [2.05, 4.69) is 25.1 Å². The number of nitrogens with two attached hydrogens (primary N) is 1. The molecule has 9 heteroatoms. The molecule has 0 saturated carbocycles. The van der Waals surface area contributed by atoms with Crippen molar-refractivity contribution in [2.75, 3.05) is 24.8 Å². The number of aryl methyl sites for hydroxylation is 1. The van der Waals surface area contributed by atoms with Crippen LogP contribution in [0.1, 0.15) is 5.56 Å². The lowest BCUT2D eigenvalue weighted by Crippen LogP contribution is -2.15. The quantitative estimate of drug-likeness (QED) is 0.549. The van der Waals surface area contributed by atoms with Gasteiger partial charge >= 0.3 is 0 Å². The minimum absolute atomic E-state index is 0.0697. The molecular weight excluding hydrogens is 370 g/mol. The maximum Gasteiger partial charge on any atom is 0.258 e. The Bertz CT molecular complexity index is 1140. The molecule has 4 aromatic rings. The Labute approximate surface area is 167 Å². The van der Waals surface area contributed by atoms with Gasteiger partial charge in [0.2, 0.25) is 23.5 Å². The Hall–Kier alpha value is -4.01. The van der Waals surface area contributed by atoms with E-state index in [1.165, 1.54) is 0 Å². The Morgan fingerprint density at radius 1 is 0.966 bits per heavy atom. The molecular formula is C20H19N7O2. The fourth-order valence-corrected chi connectivity index (χ4v) is 2.75. The SMILES string of the molecule is COc1ccc(-c2nc(-c3nc(N)nc(N(C)c4cccc(C)c4)n3)no2)cc1. The average molecular weight is 389 g/mol. The van der Waals surface area contributed by atoms with Crippen molar-refractivity contribution < 1.29 is 9.26 Å². The monoisotopic (exact) mass is 389 g/mol. The van der Waals surface area contributed by atoms with Gasteiger partial charge in [-0.25, -0.2) is 0 Å². The molecule has 0 aliphatic carbocycles. The fourth-order valence-electron chi connectivity index (χ4n) is 2.75. The molecule has 0 amide bonds. The number of benzene rings is 2. The lowest BCUT2D eigenvalue weighted by atomic mass is 10.2. The van der Waals surface area contributed by atoms with Gasteiger partial charge in [0.05, 0.1) is 7.11 Å². The van der Waals surface area contributed by atoms with E-state index >= 15 is 0 Å². The maximum atomic E-state index is 5.90. The van der Waals surface area contributed by atoms with E-state index in [4.69, 9.17) is 15.0 Å². The summed E-state index contributed by atoms with van der Waals surface area (Å²) in [5.74, 6) is 1.99. The lowest BCUT2D eigenvalue weighted by molar-refractivity contribution is 0.414. The molecule has 0 radical (unpaired) electrons. The molecule has 0 unspecified atom stereocenters. The van der Waals surface area contributed by atoms with Crippen molar-refractivity contribution in [3.8, 4) is 28.9 Å². The van der Waals surface area contributed by atoms with E-state index < -0.39 is 0 Å². The third kappa shape index (κ3) is 3.84. The molecule has 9 nitrogen and oxygen atoms in total. The number of aromatic nitrogens is 5. The van der Waals surface area contributed by atoms with Crippen LogP contribution in [0.4, 0.5) is 17.6 Å². The molecule has 0 bridgehead atoms. The molecule has 2 aromatic heterocycles. The first-order chi connectivity index (χ1) is 14.0. The summed E-state index contributed by atoms with van der Waals surface area (Å²) < 4.78 is 10.5. The molecule has 0 aliphatic heterocycles. The third-order valence-corrected chi connectivity index (χ3v) is 4.29. The van der Waals surface area contributed by atoms with Crippen LogP contribution < -0.4 is 15.4 Å². The molecule has 0 atom stereocenters. The van der Waals surface area contributed by atoms with Crippen molar-refractivity contribution in [2.45, 2.75) is 6.92 Å². The summed E-state index contributed by atoms with van der Waals surface area (Å²) >= 11 is 0. The number of hydrogen-bond donors (Lipinski definition) is 1. The Balaban J connectivity index is 1.66. The normalized spacial score (nSPS) is 10.7. The summed E-state index contributed by atoms with van der Waals surface area (Å²) in [4.78, 5) is 19.1. The molecule has 2 aromatic carbocycles. The van der Waals surface area contributed by atoms with Gasteiger partial charge in [0.25, 0.3) is 5.89 Å². The highest BCUT2D eigenvalue weighted by molar-refractivity contribution is 5.61. The van der Waals surface area contributed by atoms with Crippen LogP contribution in [0.3, 0.4) is 0 Å². The van der Waals surface area contributed by atoms with Crippen molar-refractivity contribution in [3.05, 3.63) is 54.1 Å². The van der Waals surface area contributed by atoms with Crippen molar-refractivity contribution >= 4 is 17.6 Å². The van der Waals surface area contributed by atoms with Crippen LogP contribution in [0.25, 0.3) is 23.1 Å². The van der Waals surface area contributed by atoms with Gasteiger partial charge in [0.1, 0.15) is 5.75 Å². The zero-order chi connectivity index (χ0) is 20.4. The first kappa shape index (κ1) is 18.4. The van der Waals surface area contributed by atoms with Crippen LogP contribution >= 0.6 is 0 Å². The van der Waals surface area contributed by atoms with E-state index in [1.807, 2.05) is 67.4 Å².